The van der Waals surface area contributed by atoms with Crippen molar-refractivity contribution in [2.24, 2.45) is 5.84 Å². The Morgan fingerprint density at radius 2 is 2.05 bits per heavy atom. The lowest BCUT2D eigenvalue weighted by atomic mass is 10.1. The van der Waals surface area contributed by atoms with Gasteiger partial charge < -0.3 is 10.2 Å². The lowest BCUT2D eigenvalue weighted by molar-refractivity contribution is 0.109. The third kappa shape index (κ3) is 2.49. The van der Waals surface area contributed by atoms with E-state index < -0.39 is 0 Å². The van der Waals surface area contributed by atoms with E-state index in [4.69, 9.17) is 10.6 Å². The summed E-state index contributed by atoms with van der Waals surface area (Å²) in [6.07, 6.45) is 2.85. The highest BCUT2D eigenvalue weighted by molar-refractivity contribution is 7.98. The maximum absolute atomic E-state index is 5.57. The predicted octanol–water partition coefficient (Wildman–Crippen LogP) is 2.22. The molecule has 0 fully saturated rings. The molecule has 0 saturated carbocycles. The summed E-state index contributed by atoms with van der Waals surface area (Å²) >= 11 is 1.71. The number of hydrazine groups is 1. The molecule has 1 aliphatic rings. The number of hydrogen-bond acceptors (Lipinski definition) is 6. The molecular weight excluding hydrogens is 272 g/mol. The molecule has 0 amide bonds. The van der Waals surface area contributed by atoms with Gasteiger partial charge in [-0.25, -0.2) is 15.8 Å². The van der Waals surface area contributed by atoms with Gasteiger partial charge in [0.05, 0.1) is 18.9 Å². The van der Waals surface area contributed by atoms with Gasteiger partial charge in [0, 0.05) is 22.4 Å². The van der Waals surface area contributed by atoms with Crippen molar-refractivity contribution in [2.75, 3.05) is 18.3 Å². The number of aromatic nitrogens is 2. The molecule has 2 aromatic rings. The molecule has 3 N–H and O–H groups in total. The summed E-state index contributed by atoms with van der Waals surface area (Å²) in [5, 5.41) is 0. The number of fused-ring (bicyclic) bond motifs is 1. The van der Waals surface area contributed by atoms with E-state index in [0.717, 1.165) is 23.2 Å². The molecule has 0 atom stereocenters. The molecule has 104 valence electrons. The molecule has 0 spiro atoms. The largest absolute Gasteiger partial charge is 0.376 e. The van der Waals surface area contributed by atoms with Crippen LogP contribution in [0.2, 0.25) is 0 Å². The molecule has 0 aliphatic carbocycles. The minimum absolute atomic E-state index is 0.514. The summed E-state index contributed by atoms with van der Waals surface area (Å²) in [5.74, 6) is 6.92. The van der Waals surface area contributed by atoms with Gasteiger partial charge in [-0.05, 0) is 18.4 Å². The third-order valence-corrected chi connectivity index (χ3v) is 4.05. The van der Waals surface area contributed by atoms with Gasteiger partial charge in [-0.3, -0.25) is 0 Å². The van der Waals surface area contributed by atoms with Gasteiger partial charge in [0.25, 0.3) is 0 Å². The van der Waals surface area contributed by atoms with Crippen LogP contribution in [0.25, 0.3) is 11.4 Å². The van der Waals surface area contributed by atoms with Crippen LogP contribution >= 0.6 is 11.8 Å². The number of thioether (sulfide) groups is 1. The van der Waals surface area contributed by atoms with Crippen molar-refractivity contribution in [3.8, 4) is 11.4 Å². The van der Waals surface area contributed by atoms with Gasteiger partial charge in [0.1, 0.15) is 5.82 Å². The first kappa shape index (κ1) is 13.4. The van der Waals surface area contributed by atoms with E-state index in [-0.39, 0.29) is 0 Å². The molecule has 2 heterocycles. The number of hydrogen-bond donors (Lipinski definition) is 2. The van der Waals surface area contributed by atoms with E-state index in [1.54, 1.807) is 11.8 Å². The number of nitrogens with one attached hydrogen (secondary N) is 1. The van der Waals surface area contributed by atoms with E-state index in [9.17, 15) is 0 Å². The molecular formula is C14H16N4OS. The topological polar surface area (TPSA) is 73.1 Å². The number of nitrogens with zero attached hydrogens (tertiary/aromatic N) is 2. The van der Waals surface area contributed by atoms with Crippen LogP contribution in [-0.2, 0) is 17.8 Å². The van der Waals surface area contributed by atoms with Crippen LogP contribution in [0.15, 0.2) is 29.2 Å². The zero-order valence-electron chi connectivity index (χ0n) is 11.2. The number of nitrogens with two attached hydrogens (primary N) is 1. The van der Waals surface area contributed by atoms with Crippen molar-refractivity contribution >= 4 is 17.6 Å². The van der Waals surface area contributed by atoms with Gasteiger partial charge in [-0.1, -0.05) is 12.1 Å². The molecule has 0 radical (unpaired) electrons. The summed E-state index contributed by atoms with van der Waals surface area (Å²) in [5.41, 5.74) is 5.62. The van der Waals surface area contributed by atoms with Crippen LogP contribution in [0.5, 0.6) is 0 Å². The maximum Gasteiger partial charge on any atom is 0.161 e. The van der Waals surface area contributed by atoms with E-state index in [1.807, 2.05) is 12.1 Å². The van der Waals surface area contributed by atoms with Crippen molar-refractivity contribution < 1.29 is 4.74 Å². The van der Waals surface area contributed by atoms with Crippen LogP contribution < -0.4 is 11.3 Å². The third-order valence-electron chi connectivity index (χ3n) is 3.31. The number of benzene rings is 1. The average molecular weight is 288 g/mol. The highest BCUT2D eigenvalue weighted by atomic mass is 32.2. The van der Waals surface area contributed by atoms with E-state index in [1.165, 1.54) is 4.90 Å². The lowest BCUT2D eigenvalue weighted by Gasteiger charge is -2.19. The Balaban J connectivity index is 2.04. The molecule has 1 aliphatic heterocycles. The minimum atomic E-state index is 0.514. The molecule has 1 aromatic carbocycles. The summed E-state index contributed by atoms with van der Waals surface area (Å²) in [7, 11) is 0. The average Bonchev–Trinajstić information content (AvgIpc) is 2.54. The fourth-order valence-electron chi connectivity index (χ4n) is 2.22. The molecule has 1 aromatic heterocycles. The molecule has 6 heteroatoms. The van der Waals surface area contributed by atoms with E-state index in [2.05, 4.69) is 33.8 Å². The van der Waals surface area contributed by atoms with Crippen molar-refractivity contribution in [2.45, 2.75) is 17.9 Å². The second-order valence-electron chi connectivity index (χ2n) is 4.50. The van der Waals surface area contributed by atoms with Gasteiger partial charge in [-0.15, -0.1) is 11.8 Å². The summed E-state index contributed by atoms with van der Waals surface area (Å²) < 4.78 is 5.44. The predicted molar refractivity (Wildman–Crippen MR) is 80.4 cm³/mol. The molecule has 5 nitrogen and oxygen atoms in total. The van der Waals surface area contributed by atoms with E-state index >= 15 is 0 Å². The molecule has 0 bridgehead atoms. The lowest BCUT2D eigenvalue weighted by Crippen LogP contribution is -2.19. The van der Waals surface area contributed by atoms with Gasteiger partial charge in [-0.2, -0.15) is 0 Å². The first-order valence-corrected chi connectivity index (χ1v) is 7.63. The Morgan fingerprint density at radius 3 is 2.75 bits per heavy atom. The number of ether oxygens (including phenoxy) is 1. The first-order chi connectivity index (χ1) is 9.81. The molecule has 3 rings (SSSR count). The summed E-state index contributed by atoms with van der Waals surface area (Å²) in [6, 6.07) is 8.21. The summed E-state index contributed by atoms with van der Waals surface area (Å²) in [6.45, 7) is 1.21. The Hall–Kier alpha value is -1.63. The Bertz CT molecular complexity index is 598. The van der Waals surface area contributed by atoms with Crippen molar-refractivity contribution in [1.82, 2.24) is 9.97 Å². The first-order valence-electron chi connectivity index (χ1n) is 6.40. The monoisotopic (exact) mass is 288 g/mol. The van der Waals surface area contributed by atoms with Crippen LogP contribution in [0.4, 0.5) is 5.82 Å². The van der Waals surface area contributed by atoms with Crippen molar-refractivity contribution in [1.29, 1.82) is 0 Å². The van der Waals surface area contributed by atoms with Crippen LogP contribution in [0, 0.1) is 0 Å². The zero-order valence-corrected chi connectivity index (χ0v) is 12.0. The fourth-order valence-corrected chi connectivity index (χ4v) is 2.63. The van der Waals surface area contributed by atoms with Gasteiger partial charge in [0.15, 0.2) is 5.82 Å². The normalized spacial score (nSPS) is 13.9. The van der Waals surface area contributed by atoms with Crippen molar-refractivity contribution in [3.05, 3.63) is 35.5 Å². The Morgan fingerprint density at radius 1 is 1.25 bits per heavy atom. The number of rotatable bonds is 3. The molecule has 0 unspecified atom stereocenters. The number of nitrogen functional groups attached to an aromatic ring is 1. The number of anilines is 1. The zero-order chi connectivity index (χ0) is 13.9. The Labute approximate surface area is 121 Å². The van der Waals surface area contributed by atoms with Gasteiger partial charge >= 0.3 is 0 Å². The van der Waals surface area contributed by atoms with E-state index in [0.29, 0.717) is 24.9 Å². The quantitative estimate of drug-likeness (QED) is 0.512. The van der Waals surface area contributed by atoms with Crippen molar-refractivity contribution in [3.63, 3.8) is 0 Å². The van der Waals surface area contributed by atoms with Crippen LogP contribution in [-0.4, -0.2) is 22.8 Å². The second kappa shape index (κ2) is 5.78. The highest BCUT2D eigenvalue weighted by Crippen LogP contribution is 2.26. The Kier molecular flexibility index (Phi) is 3.86. The van der Waals surface area contributed by atoms with Crippen LogP contribution in [0.3, 0.4) is 0 Å². The highest BCUT2D eigenvalue weighted by Gasteiger charge is 2.18. The molecule has 20 heavy (non-hydrogen) atoms. The summed E-state index contributed by atoms with van der Waals surface area (Å²) in [4.78, 5) is 10.4. The fraction of sp³-hybridized carbons (Fsp3) is 0.286. The molecule has 0 saturated heterocycles. The SMILES string of the molecule is CSc1ccc(-c2nc3c(c(NN)n2)COCC3)cc1. The van der Waals surface area contributed by atoms with Crippen LogP contribution in [0.1, 0.15) is 11.3 Å². The second-order valence-corrected chi connectivity index (χ2v) is 5.38. The smallest absolute Gasteiger partial charge is 0.161 e. The van der Waals surface area contributed by atoms with Gasteiger partial charge in [0.2, 0.25) is 0 Å². The minimum Gasteiger partial charge on any atom is -0.376 e. The standard InChI is InChI=1S/C14H16N4OS/c1-20-10-4-2-9(3-5-10)13-16-12-6-7-19-8-11(12)14(17-13)18-15/h2-5H,6-8,15H2,1H3,(H,16,17,18). The maximum atomic E-state index is 5.57.